The average Bonchev–Trinajstić information content (AvgIpc) is 3.57. The first-order chi connectivity index (χ1) is 20.2. The van der Waals surface area contributed by atoms with Gasteiger partial charge < -0.3 is 24.5 Å². The van der Waals surface area contributed by atoms with E-state index in [-0.39, 0.29) is 48.1 Å². The van der Waals surface area contributed by atoms with Crippen LogP contribution in [0.25, 0.3) is 0 Å². The Labute approximate surface area is 255 Å². The van der Waals surface area contributed by atoms with Gasteiger partial charge in [0.2, 0.25) is 17.7 Å². The number of hydrogen-bond donors (Lipinski definition) is 1. The highest BCUT2D eigenvalue weighted by molar-refractivity contribution is 8.02. The molecule has 3 saturated heterocycles. The molecule has 8 nitrogen and oxygen atoms in total. The number of thioether (sulfide) groups is 1. The molecule has 1 aromatic rings. The van der Waals surface area contributed by atoms with Crippen LogP contribution in [0, 0.1) is 17.8 Å². The predicted octanol–water partition coefficient (Wildman–Crippen LogP) is 4.53. The van der Waals surface area contributed by atoms with Crippen molar-refractivity contribution in [3.63, 3.8) is 0 Å². The van der Waals surface area contributed by atoms with Crippen LogP contribution in [-0.2, 0) is 14.4 Å². The summed E-state index contributed by atoms with van der Waals surface area (Å²) in [5.74, 6) is -0.700. The molecule has 3 aliphatic heterocycles. The summed E-state index contributed by atoms with van der Waals surface area (Å²) in [4.78, 5) is 48.7. The zero-order chi connectivity index (χ0) is 30.6. The van der Waals surface area contributed by atoms with Crippen LogP contribution in [0.2, 0.25) is 0 Å². The van der Waals surface area contributed by atoms with Crippen molar-refractivity contribution in [3.05, 3.63) is 49.6 Å². The van der Waals surface area contributed by atoms with E-state index < -0.39 is 22.6 Å². The number of amides is 3. The smallest absolute Gasteiger partial charge is 0.247 e. The second-order valence-corrected chi connectivity index (χ2v) is 13.3. The molecule has 4 unspecified atom stereocenters. The number of carbonyl (C=O) groups is 3. The lowest BCUT2D eigenvalue weighted by Gasteiger charge is -2.42. The van der Waals surface area contributed by atoms with E-state index >= 15 is 0 Å². The van der Waals surface area contributed by atoms with Crippen molar-refractivity contribution in [3.8, 4) is 5.75 Å². The van der Waals surface area contributed by atoms with Gasteiger partial charge in [0, 0.05) is 43.2 Å². The number of aliphatic hydroxyl groups is 1. The van der Waals surface area contributed by atoms with E-state index in [1.807, 2.05) is 43.0 Å². The van der Waals surface area contributed by atoms with Gasteiger partial charge in [0.15, 0.2) is 0 Å². The summed E-state index contributed by atoms with van der Waals surface area (Å²) in [5.41, 5.74) is 0.721. The van der Waals surface area contributed by atoms with Crippen molar-refractivity contribution in [2.75, 3.05) is 37.7 Å². The fourth-order valence-corrected chi connectivity index (χ4v) is 9.85. The molecule has 3 heterocycles. The van der Waals surface area contributed by atoms with Gasteiger partial charge in [-0.25, -0.2) is 0 Å². The molecule has 1 aromatic carbocycles. The van der Waals surface area contributed by atoms with Gasteiger partial charge in [0.05, 0.1) is 23.2 Å². The number of likely N-dealkylation sites (tertiary alicyclic amines) is 1. The topological polar surface area (TPSA) is 90.4 Å². The molecule has 9 heteroatoms. The Kier molecular flexibility index (Phi) is 10.5. The lowest BCUT2D eigenvalue weighted by Crippen LogP contribution is -2.58. The molecule has 230 valence electrons. The highest BCUT2D eigenvalue weighted by Crippen LogP contribution is 2.69. The molecular formula is C33H47N3O5S. The molecule has 0 radical (unpaired) electrons. The summed E-state index contributed by atoms with van der Waals surface area (Å²) in [7, 11) is 0. The van der Waals surface area contributed by atoms with E-state index in [9.17, 15) is 19.5 Å². The fourth-order valence-electron chi connectivity index (χ4n) is 7.44. The van der Waals surface area contributed by atoms with Gasteiger partial charge in [-0.15, -0.1) is 24.9 Å². The van der Waals surface area contributed by atoms with E-state index in [1.165, 1.54) is 0 Å². The molecule has 2 bridgehead atoms. The van der Waals surface area contributed by atoms with E-state index in [0.29, 0.717) is 26.1 Å². The molecule has 3 aliphatic rings. The summed E-state index contributed by atoms with van der Waals surface area (Å²) in [6.45, 7) is 17.4. The average molecular weight is 598 g/mol. The van der Waals surface area contributed by atoms with Crippen molar-refractivity contribution < 1.29 is 24.2 Å². The van der Waals surface area contributed by atoms with Gasteiger partial charge in [-0.05, 0) is 63.3 Å². The number of fused-ring (bicyclic) bond motifs is 1. The van der Waals surface area contributed by atoms with Gasteiger partial charge >= 0.3 is 0 Å². The monoisotopic (exact) mass is 597 g/mol. The summed E-state index contributed by atoms with van der Waals surface area (Å²) in [5, 5.41) is 9.63. The first kappa shape index (κ1) is 32.1. The predicted molar refractivity (Wildman–Crippen MR) is 169 cm³/mol. The van der Waals surface area contributed by atoms with Crippen LogP contribution in [0.15, 0.2) is 49.6 Å². The maximum absolute atomic E-state index is 14.5. The Hall–Kier alpha value is -2.78. The molecule has 7 atom stereocenters. The Balaban J connectivity index is 1.75. The molecule has 0 aliphatic carbocycles. The second kappa shape index (κ2) is 13.7. The van der Waals surface area contributed by atoms with Gasteiger partial charge in [0.1, 0.15) is 11.8 Å². The molecular weight excluding hydrogens is 550 g/mol. The maximum Gasteiger partial charge on any atom is 0.247 e. The molecule has 3 fully saturated rings. The van der Waals surface area contributed by atoms with Crippen LogP contribution in [-0.4, -0.2) is 87.6 Å². The van der Waals surface area contributed by atoms with Gasteiger partial charge in [-0.2, -0.15) is 0 Å². The van der Waals surface area contributed by atoms with Crippen LogP contribution in [0.4, 0.5) is 5.69 Å². The number of ether oxygens (including phenoxy) is 1. The molecule has 1 N–H and O–H groups in total. The Morgan fingerprint density at radius 2 is 1.88 bits per heavy atom. The number of rotatable bonds is 15. The summed E-state index contributed by atoms with van der Waals surface area (Å²) < 4.78 is 4.88. The molecule has 0 saturated carbocycles. The van der Waals surface area contributed by atoms with Gasteiger partial charge in [0.25, 0.3) is 0 Å². The number of carbonyl (C=O) groups excluding carboxylic acids is 3. The second-order valence-electron chi connectivity index (χ2n) is 11.7. The summed E-state index contributed by atoms with van der Waals surface area (Å²) in [6.07, 6.45) is 6.36. The standard InChI is InChI=1S/C33H47N3O5S/c1-7-12-23(6)34(17-8-2)32(40)29-33-22(5)21-26(42-33)27(28(33)31(39)36(29)19-11-20-37)30(38)35(18-9-3)24-13-15-25(16-14-24)41-10-4/h8-9,13-16,22-23,26-29,37H,2-3,7,10-12,17-21H2,1,4-6H3/t22?,23?,26-,27+,28+,29?,33?/m1/s1. The Bertz CT molecular complexity index is 1160. The highest BCUT2D eigenvalue weighted by Gasteiger charge is 2.76. The summed E-state index contributed by atoms with van der Waals surface area (Å²) >= 11 is 1.68. The normalized spacial score (nSPS) is 28.4. The first-order valence-electron chi connectivity index (χ1n) is 15.4. The number of nitrogens with zero attached hydrogens (tertiary/aromatic N) is 3. The van der Waals surface area contributed by atoms with E-state index in [2.05, 4.69) is 27.0 Å². The van der Waals surface area contributed by atoms with E-state index in [4.69, 9.17) is 4.74 Å². The SMILES string of the molecule is C=CCN(C(=O)[C@@H]1[C@H]2C(=O)N(CCCO)C(C(=O)N(CC=C)C(C)CCC)C23S[C@@H]1CC3C)c1ccc(OCC)cc1. The molecule has 4 rings (SSSR count). The van der Waals surface area contributed by atoms with Crippen LogP contribution in [0.5, 0.6) is 5.75 Å². The minimum absolute atomic E-state index is 0.00942. The van der Waals surface area contributed by atoms with Crippen molar-refractivity contribution in [2.24, 2.45) is 17.8 Å². The fraction of sp³-hybridized carbons (Fsp3) is 0.606. The van der Waals surface area contributed by atoms with Crippen molar-refractivity contribution in [2.45, 2.75) is 75.5 Å². The number of anilines is 1. The molecule has 3 amide bonds. The van der Waals surface area contributed by atoms with Crippen LogP contribution < -0.4 is 9.64 Å². The van der Waals surface area contributed by atoms with Gasteiger partial charge in [-0.1, -0.05) is 32.4 Å². The van der Waals surface area contributed by atoms with Crippen molar-refractivity contribution >= 4 is 35.2 Å². The lowest BCUT2D eigenvalue weighted by atomic mass is 9.65. The number of benzene rings is 1. The van der Waals surface area contributed by atoms with E-state index in [1.54, 1.807) is 33.7 Å². The van der Waals surface area contributed by atoms with Gasteiger partial charge in [-0.3, -0.25) is 14.4 Å². The zero-order valence-corrected chi connectivity index (χ0v) is 26.4. The van der Waals surface area contributed by atoms with Crippen LogP contribution in [0.3, 0.4) is 0 Å². The molecule has 42 heavy (non-hydrogen) atoms. The third-order valence-electron chi connectivity index (χ3n) is 9.21. The Morgan fingerprint density at radius 3 is 2.48 bits per heavy atom. The summed E-state index contributed by atoms with van der Waals surface area (Å²) in [6, 6.07) is 6.72. The third kappa shape index (κ3) is 5.50. The number of hydrogen-bond acceptors (Lipinski definition) is 6. The minimum Gasteiger partial charge on any atom is -0.494 e. The first-order valence-corrected chi connectivity index (χ1v) is 16.2. The molecule has 0 aromatic heterocycles. The third-order valence-corrected chi connectivity index (χ3v) is 11.3. The highest BCUT2D eigenvalue weighted by atomic mass is 32.2. The largest absolute Gasteiger partial charge is 0.494 e. The van der Waals surface area contributed by atoms with Crippen molar-refractivity contribution in [1.29, 1.82) is 0 Å². The minimum atomic E-state index is -0.710. The van der Waals surface area contributed by atoms with Crippen molar-refractivity contribution in [1.82, 2.24) is 9.80 Å². The van der Waals surface area contributed by atoms with Crippen LogP contribution >= 0.6 is 11.8 Å². The quantitative estimate of drug-likeness (QED) is 0.299. The van der Waals surface area contributed by atoms with E-state index in [0.717, 1.165) is 30.7 Å². The maximum atomic E-state index is 14.5. The van der Waals surface area contributed by atoms with Crippen LogP contribution in [0.1, 0.15) is 53.4 Å². The zero-order valence-electron chi connectivity index (χ0n) is 25.5. The Morgan fingerprint density at radius 1 is 1.19 bits per heavy atom. The lowest BCUT2D eigenvalue weighted by molar-refractivity contribution is -0.144. The number of aliphatic hydroxyl groups excluding tert-OH is 1. The molecule has 1 spiro atoms.